The number of hydrogen-bond acceptors (Lipinski definition) is 3. The number of rotatable bonds is 3. The monoisotopic (exact) mass is 341 g/mol. The van der Waals surface area contributed by atoms with Crippen LogP contribution < -0.4 is 0 Å². The molecule has 1 aromatic heterocycles. The van der Waals surface area contributed by atoms with Crippen LogP contribution in [0.1, 0.15) is 23.4 Å². The van der Waals surface area contributed by atoms with E-state index in [1.165, 1.54) is 13.2 Å². The van der Waals surface area contributed by atoms with Crippen molar-refractivity contribution < 1.29 is 18.3 Å². The summed E-state index contributed by atoms with van der Waals surface area (Å²) in [6.07, 6.45) is -2.72. The van der Waals surface area contributed by atoms with E-state index in [-0.39, 0.29) is 12.1 Å². The summed E-state index contributed by atoms with van der Waals surface area (Å²) in [7, 11) is 1.25. The molecule has 16 heavy (non-hydrogen) atoms. The largest absolute Gasteiger partial charge is 0.469 e. The predicted octanol–water partition coefficient (Wildman–Crippen LogP) is 2.65. The molecule has 88 valence electrons. The van der Waals surface area contributed by atoms with Gasteiger partial charge in [0.05, 0.1) is 19.2 Å². The number of pyridine rings is 1. The Bertz CT molecular complexity index is 410. The van der Waals surface area contributed by atoms with Gasteiger partial charge in [0.15, 0.2) is 0 Å². The molecule has 0 aliphatic rings. The molecule has 0 unspecified atom stereocenters. The summed E-state index contributed by atoms with van der Waals surface area (Å²) in [4.78, 5) is 14.8. The van der Waals surface area contributed by atoms with Gasteiger partial charge in [-0.2, -0.15) is 0 Å². The number of nitrogens with zero attached hydrogens (tertiary/aromatic N) is 1. The number of alkyl halides is 2. The second kappa shape index (κ2) is 5.51. The topological polar surface area (TPSA) is 39.2 Å². The fourth-order valence-electron chi connectivity index (χ4n) is 1.19. The van der Waals surface area contributed by atoms with Gasteiger partial charge < -0.3 is 4.74 Å². The van der Waals surface area contributed by atoms with Crippen LogP contribution in [0.2, 0.25) is 0 Å². The van der Waals surface area contributed by atoms with E-state index in [0.29, 0.717) is 14.8 Å². The Kier molecular flexibility index (Phi) is 4.57. The van der Waals surface area contributed by atoms with Crippen LogP contribution in [0.4, 0.5) is 8.78 Å². The summed E-state index contributed by atoms with van der Waals surface area (Å²) in [5.74, 6) is -0.490. The van der Waals surface area contributed by atoms with Gasteiger partial charge in [-0.1, -0.05) is 0 Å². The Morgan fingerprint density at radius 3 is 2.75 bits per heavy atom. The summed E-state index contributed by atoms with van der Waals surface area (Å²) < 4.78 is 30.2. The summed E-state index contributed by atoms with van der Waals surface area (Å²) in [5, 5.41) is 0. The van der Waals surface area contributed by atoms with Crippen LogP contribution in [0.15, 0.2) is 6.07 Å². The van der Waals surface area contributed by atoms with Gasteiger partial charge in [-0.15, -0.1) is 0 Å². The van der Waals surface area contributed by atoms with Crippen LogP contribution in [-0.4, -0.2) is 18.1 Å². The van der Waals surface area contributed by atoms with Gasteiger partial charge in [-0.25, -0.2) is 8.78 Å². The number of methoxy groups -OCH3 is 1. The van der Waals surface area contributed by atoms with E-state index in [1.54, 1.807) is 6.92 Å². The molecule has 0 bridgehead atoms. The smallest absolute Gasteiger partial charge is 0.311 e. The quantitative estimate of drug-likeness (QED) is 0.627. The molecule has 0 aromatic carbocycles. The lowest BCUT2D eigenvalue weighted by Crippen LogP contribution is -2.10. The molecule has 0 atom stereocenters. The zero-order valence-corrected chi connectivity index (χ0v) is 10.9. The van der Waals surface area contributed by atoms with Crippen LogP contribution in [0, 0.1) is 10.5 Å². The molecule has 1 aromatic rings. The second-order valence-corrected chi connectivity index (χ2v) is 4.26. The molecule has 0 fully saturated rings. The molecule has 0 N–H and O–H groups in total. The fraction of sp³-hybridized carbons (Fsp3) is 0.400. The highest BCUT2D eigenvalue weighted by molar-refractivity contribution is 14.1. The number of hydrogen-bond donors (Lipinski definition) is 0. The standard InChI is InChI=1S/C10H10F2INO2/c1-5-3-7(10(11)12)14-6(9(5)13)4-8(15)16-2/h3,10H,4H2,1-2H3. The van der Waals surface area contributed by atoms with E-state index >= 15 is 0 Å². The first-order valence-corrected chi connectivity index (χ1v) is 5.54. The molecular formula is C10H10F2INO2. The Balaban J connectivity index is 3.11. The second-order valence-electron chi connectivity index (χ2n) is 3.18. The maximum atomic E-state index is 12.5. The molecule has 0 aliphatic carbocycles. The van der Waals surface area contributed by atoms with Crippen molar-refractivity contribution in [2.45, 2.75) is 19.8 Å². The molecular weight excluding hydrogens is 331 g/mol. The molecule has 0 radical (unpaired) electrons. The van der Waals surface area contributed by atoms with Crippen molar-refractivity contribution in [1.82, 2.24) is 4.98 Å². The van der Waals surface area contributed by atoms with E-state index in [1.807, 2.05) is 22.6 Å². The summed E-state index contributed by atoms with van der Waals surface area (Å²) >= 11 is 1.98. The highest BCUT2D eigenvalue weighted by Gasteiger charge is 2.16. The SMILES string of the molecule is COC(=O)Cc1nc(C(F)F)cc(C)c1I. The first-order valence-electron chi connectivity index (χ1n) is 4.46. The van der Waals surface area contributed by atoms with Crippen molar-refractivity contribution in [3.05, 3.63) is 26.6 Å². The van der Waals surface area contributed by atoms with Crippen molar-refractivity contribution in [3.63, 3.8) is 0 Å². The van der Waals surface area contributed by atoms with Crippen LogP contribution in [-0.2, 0) is 16.0 Å². The maximum absolute atomic E-state index is 12.5. The average Bonchev–Trinajstić information content (AvgIpc) is 2.23. The molecule has 0 saturated heterocycles. The van der Waals surface area contributed by atoms with Crippen LogP contribution in [0.3, 0.4) is 0 Å². The van der Waals surface area contributed by atoms with Crippen molar-refractivity contribution in [3.8, 4) is 0 Å². The zero-order valence-electron chi connectivity index (χ0n) is 8.76. The zero-order chi connectivity index (χ0) is 12.3. The molecule has 1 heterocycles. The van der Waals surface area contributed by atoms with Crippen molar-refractivity contribution >= 4 is 28.6 Å². The number of carbonyl (C=O) groups excluding carboxylic acids is 1. The van der Waals surface area contributed by atoms with Gasteiger partial charge in [0.1, 0.15) is 5.69 Å². The third-order valence-electron chi connectivity index (χ3n) is 1.99. The molecule has 0 saturated carbocycles. The van der Waals surface area contributed by atoms with Crippen molar-refractivity contribution in [2.75, 3.05) is 7.11 Å². The number of aromatic nitrogens is 1. The fourth-order valence-corrected chi connectivity index (χ4v) is 1.65. The van der Waals surface area contributed by atoms with Gasteiger partial charge >= 0.3 is 5.97 Å². The van der Waals surface area contributed by atoms with Crippen LogP contribution in [0.25, 0.3) is 0 Å². The lowest BCUT2D eigenvalue weighted by molar-refractivity contribution is -0.139. The first kappa shape index (κ1) is 13.3. The minimum Gasteiger partial charge on any atom is -0.469 e. The Morgan fingerprint density at radius 2 is 2.25 bits per heavy atom. The first-order chi connectivity index (χ1) is 7.45. The van der Waals surface area contributed by atoms with E-state index < -0.39 is 12.4 Å². The van der Waals surface area contributed by atoms with Gasteiger partial charge in [0, 0.05) is 3.57 Å². The lowest BCUT2D eigenvalue weighted by Gasteiger charge is -2.08. The highest BCUT2D eigenvalue weighted by Crippen LogP contribution is 2.23. The number of esters is 1. The molecule has 6 heteroatoms. The predicted molar refractivity (Wildman–Crippen MR) is 62.4 cm³/mol. The Labute approximate surface area is 105 Å². The van der Waals surface area contributed by atoms with Crippen LogP contribution in [0.5, 0.6) is 0 Å². The normalized spacial score (nSPS) is 10.6. The third kappa shape index (κ3) is 3.10. The maximum Gasteiger partial charge on any atom is 0.311 e. The molecule has 0 spiro atoms. The lowest BCUT2D eigenvalue weighted by atomic mass is 10.2. The highest BCUT2D eigenvalue weighted by atomic mass is 127. The van der Waals surface area contributed by atoms with Gasteiger partial charge in [-0.05, 0) is 41.1 Å². The summed E-state index contributed by atoms with van der Waals surface area (Å²) in [5.41, 5.74) is 0.712. The van der Waals surface area contributed by atoms with Gasteiger partial charge in [0.2, 0.25) is 0 Å². The van der Waals surface area contributed by atoms with Gasteiger partial charge in [0.25, 0.3) is 6.43 Å². The van der Waals surface area contributed by atoms with E-state index in [0.717, 1.165) is 0 Å². The Hall–Kier alpha value is -0.790. The number of carbonyl (C=O) groups is 1. The van der Waals surface area contributed by atoms with Crippen LogP contribution >= 0.6 is 22.6 Å². The number of halogens is 3. The van der Waals surface area contributed by atoms with E-state index in [4.69, 9.17) is 0 Å². The minimum absolute atomic E-state index is 0.0871. The molecule has 0 aliphatic heterocycles. The number of ether oxygens (including phenoxy) is 1. The van der Waals surface area contributed by atoms with E-state index in [9.17, 15) is 13.6 Å². The number of aryl methyl sites for hydroxylation is 1. The van der Waals surface area contributed by atoms with E-state index in [2.05, 4.69) is 9.72 Å². The third-order valence-corrected chi connectivity index (χ3v) is 3.46. The van der Waals surface area contributed by atoms with Crippen molar-refractivity contribution in [1.29, 1.82) is 0 Å². The summed E-state index contributed by atoms with van der Waals surface area (Å²) in [6, 6.07) is 1.33. The Morgan fingerprint density at radius 1 is 1.62 bits per heavy atom. The molecule has 1 rings (SSSR count). The molecule has 0 amide bonds. The van der Waals surface area contributed by atoms with Gasteiger partial charge in [-0.3, -0.25) is 9.78 Å². The van der Waals surface area contributed by atoms with Crippen molar-refractivity contribution in [2.24, 2.45) is 0 Å². The average molecular weight is 341 g/mol. The minimum atomic E-state index is -2.63. The summed E-state index contributed by atoms with van der Waals surface area (Å²) in [6.45, 7) is 1.70. The molecule has 3 nitrogen and oxygen atoms in total.